The van der Waals surface area contributed by atoms with Gasteiger partial charge in [-0.15, -0.1) is 0 Å². The van der Waals surface area contributed by atoms with Crippen molar-refractivity contribution in [3.05, 3.63) is 65.7 Å². The molecule has 1 fully saturated rings. The maximum absolute atomic E-state index is 14.2. The lowest BCUT2D eigenvalue weighted by Gasteiger charge is -2.33. The van der Waals surface area contributed by atoms with Crippen LogP contribution in [0.1, 0.15) is 12.8 Å². The first kappa shape index (κ1) is 28.0. The third-order valence-electron chi connectivity index (χ3n) is 6.23. The Bertz CT molecular complexity index is 1820. The number of nitrogens with one attached hydrogen (secondary N) is 2. The van der Waals surface area contributed by atoms with Crippen molar-refractivity contribution in [1.29, 1.82) is 0 Å². The molecule has 5 rings (SSSR count). The number of piperidine rings is 1. The monoisotopic (exact) mass is 609 g/mol. The van der Waals surface area contributed by atoms with E-state index >= 15 is 0 Å². The van der Waals surface area contributed by atoms with Crippen LogP contribution in [0.2, 0.25) is 5.15 Å². The third-order valence-corrected chi connectivity index (χ3v) is 9.12. The highest BCUT2D eigenvalue weighted by Gasteiger charge is 2.31. The molecule has 2 N–H and O–H groups in total. The van der Waals surface area contributed by atoms with Crippen LogP contribution in [-0.2, 0) is 20.0 Å². The van der Waals surface area contributed by atoms with Crippen molar-refractivity contribution >= 4 is 54.2 Å². The molecule has 210 valence electrons. The Morgan fingerprint density at radius 3 is 2.48 bits per heavy atom. The minimum Gasteiger partial charge on any atom is -0.317 e. The number of pyridine rings is 2. The fourth-order valence-electron chi connectivity index (χ4n) is 4.44. The maximum Gasteiger partial charge on any atom is 0.264 e. The van der Waals surface area contributed by atoms with Gasteiger partial charge in [-0.05, 0) is 56.3 Å². The predicted octanol–water partition coefficient (Wildman–Crippen LogP) is 3.34. The zero-order valence-electron chi connectivity index (χ0n) is 20.8. The summed E-state index contributed by atoms with van der Waals surface area (Å²) in [6, 6.07) is 6.29. The highest BCUT2D eigenvalue weighted by Crippen LogP contribution is 2.32. The van der Waals surface area contributed by atoms with Gasteiger partial charge in [-0.2, -0.15) is 0 Å². The van der Waals surface area contributed by atoms with E-state index in [1.165, 1.54) is 22.9 Å². The standard InChI is InChI=1S/C24H22ClF2N7O4S2/c1-39(35,36)34(16-6-8-28-9-7-16)24-22-19(30-13-31-24)4-3-18(32-22)14-10-20(23(25)29-12-14)33-40(37,38)21-5-2-15(26)11-17(21)27/h2-5,10-13,16,28,33H,6-9H2,1H3. The van der Waals surface area contributed by atoms with Crippen LogP contribution in [-0.4, -0.2) is 62.2 Å². The number of nitrogens with zero attached hydrogens (tertiary/aromatic N) is 5. The number of sulfonamides is 2. The van der Waals surface area contributed by atoms with E-state index in [9.17, 15) is 25.6 Å². The second kappa shape index (κ2) is 10.8. The van der Waals surface area contributed by atoms with Gasteiger partial charge in [0.25, 0.3) is 10.0 Å². The van der Waals surface area contributed by atoms with E-state index in [1.54, 1.807) is 12.1 Å². The minimum atomic E-state index is -4.50. The second-order valence-electron chi connectivity index (χ2n) is 9.04. The number of hydrogen-bond donors (Lipinski definition) is 2. The fourth-order valence-corrected chi connectivity index (χ4v) is 6.97. The van der Waals surface area contributed by atoms with Crippen molar-refractivity contribution in [3.63, 3.8) is 0 Å². The van der Waals surface area contributed by atoms with Crippen molar-refractivity contribution in [2.45, 2.75) is 23.8 Å². The Labute approximate surface area is 233 Å². The molecule has 3 aromatic heterocycles. The summed E-state index contributed by atoms with van der Waals surface area (Å²) in [4.78, 5) is 16.3. The number of anilines is 2. The van der Waals surface area contributed by atoms with Gasteiger partial charge in [0.15, 0.2) is 11.0 Å². The summed E-state index contributed by atoms with van der Waals surface area (Å²) in [5.74, 6) is -2.09. The number of aromatic nitrogens is 4. The molecule has 40 heavy (non-hydrogen) atoms. The van der Waals surface area contributed by atoms with E-state index in [-0.39, 0.29) is 28.2 Å². The van der Waals surface area contributed by atoms with Crippen LogP contribution in [0.4, 0.5) is 20.3 Å². The van der Waals surface area contributed by atoms with Crippen LogP contribution in [0, 0.1) is 11.6 Å². The van der Waals surface area contributed by atoms with Crippen molar-refractivity contribution in [3.8, 4) is 11.3 Å². The molecule has 4 aromatic rings. The van der Waals surface area contributed by atoms with E-state index in [1.807, 2.05) is 0 Å². The van der Waals surface area contributed by atoms with Crippen molar-refractivity contribution in [2.24, 2.45) is 0 Å². The number of rotatable bonds is 7. The normalized spacial score (nSPS) is 14.8. The van der Waals surface area contributed by atoms with Crippen LogP contribution in [0.3, 0.4) is 0 Å². The summed E-state index contributed by atoms with van der Waals surface area (Å²) >= 11 is 6.13. The van der Waals surface area contributed by atoms with Gasteiger partial charge in [-0.3, -0.25) is 4.72 Å². The van der Waals surface area contributed by atoms with Crippen LogP contribution in [0.5, 0.6) is 0 Å². The van der Waals surface area contributed by atoms with Gasteiger partial charge < -0.3 is 5.32 Å². The first-order valence-corrected chi connectivity index (χ1v) is 15.6. The smallest absolute Gasteiger partial charge is 0.264 e. The minimum absolute atomic E-state index is 0.121. The lowest BCUT2D eigenvalue weighted by Crippen LogP contribution is -2.46. The second-order valence-corrected chi connectivity index (χ2v) is 12.9. The summed E-state index contributed by atoms with van der Waals surface area (Å²) in [6.07, 6.45) is 4.88. The molecule has 1 aromatic carbocycles. The molecule has 0 amide bonds. The number of fused-ring (bicyclic) bond motifs is 1. The summed E-state index contributed by atoms with van der Waals surface area (Å²) in [7, 11) is -8.24. The summed E-state index contributed by atoms with van der Waals surface area (Å²) in [5.41, 5.74) is 1.04. The number of benzene rings is 1. The highest BCUT2D eigenvalue weighted by atomic mass is 35.5. The SMILES string of the molecule is CS(=O)(=O)N(c1ncnc2ccc(-c3cnc(Cl)c(NS(=O)(=O)c4ccc(F)cc4F)c3)nc12)C1CCNCC1. The first-order valence-electron chi connectivity index (χ1n) is 11.9. The maximum atomic E-state index is 14.2. The van der Waals surface area contributed by atoms with Gasteiger partial charge in [-0.25, -0.2) is 49.9 Å². The Morgan fingerprint density at radius 1 is 1.02 bits per heavy atom. The van der Waals surface area contributed by atoms with E-state index in [0.29, 0.717) is 48.8 Å². The van der Waals surface area contributed by atoms with Crippen LogP contribution in [0.15, 0.2) is 53.8 Å². The van der Waals surface area contributed by atoms with Crippen molar-refractivity contribution in [1.82, 2.24) is 25.3 Å². The summed E-state index contributed by atoms with van der Waals surface area (Å²) < 4.78 is 82.3. The lowest BCUT2D eigenvalue weighted by atomic mass is 10.1. The Morgan fingerprint density at radius 2 is 1.77 bits per heavy atom. The number of hydrogen-bond acceptors (Lipinski definition) is 9. The molecule has 0 spiro atoms. The van der Waals surface area contributed by atoms with E-state index in [4.69, 9.17) is 11.6 Å². The topological polar surface area (TPSA) is 147 Å². The molecule has 0 bridgehead atoms. The Kier molecular flexibility index (Phi) is 7.56. The molecule has 0 radical (unpaired) electrons. The Hall–Kier alpha value is -3.53. The molecule has 0 saturated carbocycles. The molecular weight excluding hydrogens is 588 g/mol. The zero-order chi connectivity index (χ0) is 28.7. The molecule has 0 aliphatic carbocycles. The predicted molar refractivity (Wildman–Crippen MR) is 146 cm³/mol. The molecule has 1 aliphatic rings. The first-order chi connectivity index (χ1) is 18.9. The molecule has 0 atom stereocenters. The molecular formula is C24H22ClF2N7O4S2. The molecule has 11 nitrogen and oxygen atoms in total. The molecule has 1 aliphatic heterocycles. The molecule has 16 heteroatoms. The number of halogens is 3. The van der Waals surface area contributed by atoms with E-state index in [2.05, 4.69) is 30.0 Å². The van der Waals surface area contributed by atoms with Crippen molar-refractivity contribution < 1.29 is 25.6 Å². The molecule has 1 saturated heterocycles. The van der Waals surface area contributed by atoms with Crippen LogP contribution >= 0.6 is 11.6 Å². The summed E-state index contributed by atoms with van der Waals surface area (Å²) in [6.45, 7) is 1.30. The Balaban J connectivity index is 1.56. The fraction of sp³-hybridized carbons (Fsp3) is 0.250. The lowest BCUT2D eigenvalue weighted by molar-refractivity contribution is 0.453. The van der Waals surface area contributed by atoms with Gasteiger partial charge in [0, 0.05) is 23.9 Å². The van der Waals surface area contributed by atoms with E-state index in [0.717, 1.165) is 18.4 Å². The zero-order valence-corrected chi connectivity index (χ0v) is 23.2. The van der Waals surface area contributed by atoms with Crippen LogP contribution < -0.4 is 14.3 Å². The third kappa shape index (κ3) is 5.68. The average Bonchev–Trinajstić information content (AvgIpc) is 2.89. The average molecular weight is 610 g/mol. The van der Waals surface area contributed by atoms with Crippen molar-refractivity contribution in [2.75, 3.05) is 28.4 Å². The molecule has 0 unspecified atom stereocenters. The molecule has 4 heterocycles. The van der Waals surface area contributed by atoms with Gasteiger partial charge in [0.1, 0.15) is 28.4 Å². The van der Waals surface area contributed by atoms with E-state index < -0.39 is 36.6 Å². The van der Waals surface area contributed by atoms with Gasteiger partial charge in [0.2, 0.25) is 10.0 Å². The quantitative estimate of drug-likeness (QED) is 0.301. The largest absolute Gasteiger partial charge is 0.317 e. The van der Waals surface area contributed by atoms with Gasteiger partial charge >= 0.3 is 0 Å². The summed E-state index contributed by atoms with van der Waals surface area (Å²) in [5, 5.41) is 2.98. The van der Waals surface area contributed by atoms with Gasteiger partial charge in [-0.1, -0.05) is 11.6 Å². The van der Waals surface area contributed by atoms with Gasteiger partial charge in [0.05, 0.1) is 23.2 Å². The highest BCUT2D eigenvalue weighted by molar-refractivity contribution is 7.92. The van der Waals surface area contributed by atoms with Crippen LogP contribution in [0.25, 0.3) is 22.3 Å².